The molecule has 0 unspecified atom stereocenters. The molecule has 0 aromatic carbocycles. The molecular weight excluding hydrogens is 310 g/mol. The van der Waals surface area contributed by atoms with Crippen LogP contribution in [0.2, 0.25) is 0 Å². The summed E-state index contributed by atoms with van der Waals surface area (Å²) >= 11 is 1.53. The van der Waals surface area contributed by atoms with E-state index in [0.717, 1.165) is 28.6 Å². The molecule has 6 heteroatoms. The van der Waals surface area contributed by atoms with E-state index in [1.807, 2.05) is 48.1 Å². The predicted octanol–water partition coefficient (Wildman–Crippen LogP) is 3.21. The lowest BCUT2D eigenvalue weighted by Crippen LogP contribution is -2.33. The highest BCUT2D eigenvalue weighted by Gasteiger charge is 2.11. The van der Waals surface area contributed by atoms with Crippen molar-refractivity contribution in [1.82, 2.24) is 14.9 Å². The van der Waals surface area contributed by atoms with Crippen LogP contribution < -0.4 is 5.32 Å². The van der Waals surface area contributed by atoms with Gasteiger partial charge in [0, 0.05) is 35.9 Å². The monoisotopic (exact) mass is 329 g/mol. The number of aryl methyl sites for hydroxylation is 1. The van der Waals surface area contributed by atoms with E-state index >= 15 is 0 Å². The van der Waals surface area contributed by atoms with Crippen molar-refractivity contribution in [2.75, 3.05) is 0 Å². The quantitative estimate of drug-likeness (QED) is 0.724. The van der Waals surface area contributed by atoms with Crippen LogP contribution in [0.15, 0.2) is 53.5 Å². The SMILES string of the molecule is C[C@@H](CCc1ccco1)NC(=O)Cc1cnc(-n2cccc2)s1. The van der Waals surface area contributed by atoms with Crippen molar-refractivity contribution in [2.45, 2.75) is 32.2 Å². The van der Waals surface area contributed by atoms with Gasteiger partial charge in [-0.1, -0.05) is 0 Å². The van der Waals surface area contributed by atoms with E-state index in [4.69, 9.17) is 4.42 Å². The molecule has 0 radical (unpaired) electrons. The summed E-state index contributed by atoms with van der Waals surface area (Å²) in [6.45, 7) is 2.01. The highest BCUT2D eigenvalue weighted by atomic mass is 32.1. The Balaban J connectivity index is 1.47. The van der Waals surface area contributed by atoms with E-state index in [2.05, 4.69) is 10.3 Å². The Kier molecular flexibility index (Phi) is 4.92. The van der Waals surface area contributed by atoms with Gasteiger partial charge in [-0.3, -0.25) is 4.79 Å². The van der Waals surface area contributed by atoms with Gasteiger partial charge in [-0.05, 0) is 37.6 Å². The van der Waals surface area contributed by atoms with Crippen molar-refractivity contribution in [3.8, 4) is 5.13 Å². The number of nitrogens with one attached hydrogen (secondary N) is 1. The molecule has 5 nitrogen and oxygen atoms in total. The summed E-state index contributed by atoms with van der Waals surface area (Å²) in [5.41, 5.74) is 0. The first-order valence-corrected chi connectivity index (χ1v) is 8.42. The topological polar surface area (TPSA) is 60.1 Å². The molecule has 0 fully saturated rings. The average Bonchev–Trinajstić information content (AvgIpc) is 3.26. The van der Waals surface area contributed by atoms with Crippen molar-refractivity contribution in [3.63, 3.8) is 0 Å². The summed E-state index contributed by atoms with van der Waals surface area (Å²) in [4.78, 5) is 17.4. The first-order valence-electron chi connectivity index (χ1n) is 7.60. The summed E-state index contributed by atoms with van der Waals surface area (Å²) in [6, 6.07) is 7.85. The minimum atomic E-state index is 0.0275. The minimum Gasteiger partial charge on any atom is -0.469 e. The number of rotatable bonds is 7. The van der Waals surface area contributed by atoms with Crippen molar-refractivity contribution in [3.05, 3.63) is 59.8 Å². The maximum atomic E-state index is 12.1. The molecule has 23 heavy (non-hydrogen) atoms. The van der Waals surface area contributed by atoms with Crippen LogP contribution >= 0.6 is 11.3 Å². The number of hydrogen-bond acceptors (Lipinski definition) is 4. The Labute approximate surface area is 139 Å². The molecule has 1 amide bonds. The third kappa shape index (κ3) is 4.32. The number of carbonyl (C=O) groups excluding carboxylic acids is 1. The molecule has 3 rings (SSSR count). The zero-order valence-corrected chi connectivity index (χ0v) is 13.8. The molecule has 0 spiro atoms. The van der Waals surface area contributed by atoms with Crippen molar-refractivity contribution in [1.29, 1.82) is 0 Å². The Hall–Kier alpha value is -2.34. The molecule has 0 aliphatic carbocycles. The molecule has 3 aromatic rings. The Morgan fingerprint density at radius 3 is 2.96 bits per heavy atom. The van der Waals surface area contributed by atoms with Gasteiger partial charge < -0.3 is 14.3 Å². The molecule has 0 saturated heterocycles. The van der Waals surface area contributed by atoms with Crippen LogP contribution in [0, 0.1) is 0 Å². The summed E-state index contributed by atoms with van der Waals surface area (Å²) < 4.78 is 7.24. The van der Waals surface area contributed by atoms with Gasteiger partial charge >= 0.3 is 0 Å². The summed E-state index contributed by atoms with van der Waals surface area (Å²) in [6.07, 6.45) is 9.38. The molecule has 0 aliphatic heterocycles. The van der Waals surface area contributed by atoms with Crippen LogP contribution in [0.1, 0.15) is 24.0 Å². The van der Waals surface area contributed by atoms with Crippen LogP contribution in [0.3, 0.4) is 0 Å². The van der Waals surface area contributed by atoms with E-state index in [1.54, 1.807) is 12.5 Å². The molecule has 120 valence electrons. The number of furan rings is 1. The lowest BCUT2D eigenvalue weighted by Gasteiger charge is -2.12. The highest BCUT2D eigenvalue weighted by molar-refractivity contribution is 7.14. The zero-order valence-electron chi connectivity index (χ0n) is 12.9. The Morgan fingerprint density at radius 1 is 1.39 bits per heavy atom. The highest BCUT2D eigenvalue weighted by Crippen LogP contribution is 2.18. The van der Waals surface area contributed by atoms with Gasteiger partial charge in [0.15, 0.2) is 5.13 Å². The van der Waals surface area contributed by atoms with Crippen molar-refractivity contribution >= 4 is 17.2 Å². The van der Waals surface area contributed by atoms with Crippen LogP contribution in [0.5, 0.6) is 0 Å². The second-order valence-electron chi connectivity index (χ2n) is 5.46. The van der Waals surface area contributed by atoms with Crippen LogP contribution in [0.4, 0.5) is 0 Å². The molecule has 0 bridgehead atoms. The van der Waals surface area contributed by atoms with E-state index < -0.39 is 0 Å². The van der Waals surface area contributed by atoms with Crippen LogP contribution in [-0.4, -0.2) is 21.5 Å². The standard InChI is InChI=1S/C17H19N3O2S/c1-13(6-7-14-5-4-10-22-14)19-16(21)11-15-12-18-17(23-15)20-8-2-3-9-20/h2-5,8-10,12-13H,6-7,11H2,1H3,(H,19,21)/t13-/m0/s1. The molecule has 3 heterocycles. The number of carbonyl (C=O) groups is 1. The normalized spacial score (nSPS) is 12.2. The smallest absolute Gasteiger partial charge is 0.225 e. The van der Waals surface area contributed by atoms with Gasteiger partial charge in [-0.15, -0.1) is 11.3 Å². The molecular formula is C17H19N3O2S. The summed E-state index contributed by atoms with van der Waals surface area (Å²) in [7, 11) is 0. The van der Waals surface area contributed by atoms with Crippen molar-refractivity contribution in [2.24, 2.45) is 0 Å². The fourth-order valence-electron chi connectivity index (χ4n) is 2.33. The number of amides is 1. The minimum absolute atomic E-state index is 0.0275. The van der Waals surface area contributed by atoms with Gasteiger partial charge in [0.05, 0.1) is 12.7 Å². The number of thiazole rings is 1. The first-order chi connectivity index (χ1) is 11.2. The maximum Gasteiger partial charge on any atom is 0.225 e. The largest absolute Gasteiger partial charge is 0.469 e. The number of nitrogens with zero attached hydrogens (tertiary/aromatic N) is 2. The molecule has 0 saturated carbocycles. The third-order valence-electron chi connectivity index (χ3n) is 3.51. The lowest BCUT2D eigenvalue weighted by molar-refractivity contribution is -0.121. The molecule has 1 atom stereocenters. The van der Waals surface area contributed by atoms with Gasteiger partial charge in [-0.25, -0.2) is 4.98 Å². The fraction of sp³-hybridized carbons (Fsp3) is 0.294. The fourth-order valence-corrected chi connectivity index (χ4v) is 3.21. The second-order valence-corrected chi connectivity index (χ2v) is 6.56. The molecule has 0 aliphatic rings. The number of hydrogen-bond donors (Lipinski definition) is 1. The van der Waals surface area contributed by atoms with Gasteiger partial charge in [0.1, 0.15) is 5.76 Å². The van der Waals surface area contributed by atoms with Gasteiger partial charge in [-0.2, -0.15) is 0 Å². The Morgan fingerprint density at radius 2 is 2.22 bits per heavy atom. The second kappa shape index (κ2) is 7.28. The Bertz CT molecular complexity index is 732. The van der Waals surface area contributed by atoms with E-state index in [9.17, 15) is 4.79 Å². The first kappa shape index (κ1) is 15.6. The van der Waals surface area contributed by atoms with E-state index in [-0.39, 0.29) is 11.9 Å². The van der Waals surface area contributed by atoms with Crippen molar-refractivity contribution < 1.29 is 9.21 Å². The third-order valence-corrected chi connectivity index (χ3v) is 4.52. The zero-order chi connectivity index (χ0) is 16.1. The molecule has 1 N–H and O–H groups in total. The van der Waals surface area contributed by atoms with Crippen LogP contribution in [-0.2, 0) is 17.6 Å². The van der Waals surface area contributed by atoms with E-state index in [0.29, 0.717) is 6.42 Å². The summed E-state index contributed by atoms with van der Waals surface area (Å²) in [5.74, 6) is 0.976. The maximum absolute atomic E-state index is 12.1. The lowest BCUT2D eigenvalue weighted by atomic mass is 10.1. The predicted molar refractivity (Wildman–Crippen MR) is 89.8 cm³/mol. The number of aromatic nitrogens is 2. The molecule has 3 aromatic heterocycles. The average molecular weight is 329 g/mol. The van der Waals surface area contributed by atoms with Gasteiger partial charge in [0.2, 0.25) is 5.91 Å². The summed E-state index contributed by atoms with van der Waals surface area (Å²) in [5, 5.41) is 3.90. The van der Waals surface area contributed by atoms with E-state index in [1.165, 1.54) is 11.3 Å². The van der Waals surface area contributed by atoms with Crippen LogP contribution in [0.25, 0.3) is 5.13 Å². The van der Waals surface area contributed by atoms with Gasteiger partial charge in [0.25, 0.3) is 0 Å².